The number of pyridine rings is 1. The van der Waals surface area contributed by atoms with Gasteiger partial charge in [0.15, 0.2) is 0 Å². The van der Waals surface area contributed by atoms with Crippen LogP contribution in [-0.2, 0) is 19.4 Å². The highest BCUT2D eigenvalue weighted by molar-refractivity contribution is 5.86. The summed E-state index contributed by atoms with van der Waals surface area (Å²) in [6, 6.07) is 16.5. The standard InChI is InChI=1S/C21H23N3/c1-23-16-9-10-19(23)21-17-7-2-3-8-18(17)24(20(21)14-16)13-11-15-6-4-5-12-22-15/h2-8,12,16,19H,9-11,13-14H2,1H3. The molecule has 122 valence electrons. The third kappa shape index (κ3) is 2.04. The van der Waals surface area contributed by atoms with Crippen molar-refractivity contribution in [2.24, 2.45) is 0 Å². The summed E-state index contributed by atoms with van der Waals surface area (Å²) in [4.78, 5) is 7.11. The van der Waals surface area contributed by atoms with Crippen molar-refractivity contribution < 1.29 is 0 Å². The van der Waals surface area contributed by atoms with Crippen LogP contribution in [0.15, 0.2) is 48.7 Å². The van der Waals surface area contributed by atoms with Crippen LogP contribution in [-0.4, -0.2) is 27.5 Å². The van der Waals surface area contributed by atoms with Gasteiger partial charge in [-0.15, -0.1) is 0 Å². The zero-order valence-electron chi connectivity index (χ0n) is 14.2. The topological polar surface area (TPSA) is 21.1 Å². The molecule has 0 N–H and O–H groups in total. The summed E-state index contributed by atoms with van der Waals surface area (Å²) in [5, 5.41) is 1.46. The van der Waals surface area contributed by atoms with E-state index < -0.39 is 0 Å². The summed E-state index contributed by atoms with van der Waals surface area (Å²) in [5.74, 6) is 0. The number of rotatable bonds is 3. The Morgan fingerprint density at radius 1 is 1.08 bits per heavy atom. The molecule has 2 aliphatic heterocycles. The predicted molar refractivity (Wildman–Crippen MR) is 97.1 cm³/mol. The first-order valence-electron chi connectivity index (χ1n) is 9.05. The Balaban J connectivity index is 1.60. The van der Waals surface area contributed by atoms with Gasteiger partial charge < -0.3 is 4.57 Å². The maximum absolute atomic E-state index is 4.50. The van der Waals surface area contributed by atoms with Crippen LogP contribution in [0.4, 0.5) is 0 Å². The quantitative estimate of drug-likeness (QED) is 0.729. The van der Waals surface area contributed by atoms with Crippen LogP contribution < -0.4 is 0 Å². The van der Waals surface area contributed by atoms with E-state index in [1.807, 2.05) is 12.3 Å². The summed E-state index contributed by atoms with van der Waals surface area (Å²) < 4.78 is 2.58. The van der Waals surface area contributed by atoms with Gasteiger partial charge in [0.05, 0.1) is 0 Å². The molecule has 5 rings (SSSR count). The number of aromatic nitrogens is 2. The predicted octanol–water partition coefficient (Wildman–Crippen LogP) is 3.97. The molecule has 0 radical (unpaired) electrons. The van der Waals surface area contributed by atoms with E-state index in [1.165, 1.54) is 35.9 Å². The Morgan fingerprint density at radius 2 is 1.96 bits per heavy atom. The summed E-state index contributed by atoms with van der Waals surface area (Å²) in [6.45, 7) is 1.02. The van der Waals surface area contributed by atoms with E-state index in [9.17, 15) is 0 Å². The second-order valence-corrected chi connectivity index (χ2v) is 7.22. The first kappa shape index (κ1) is 14.2. The highest BCUT2D eigenvalue weighted by Gasteiger charge is 2.40. The molecule has 24 heavy (non-hydrogen) atoms. The van der Waals surface area contributed by atoms with Gasteiger partial charge in [0, 0.05) is 60.0 Å². The number of nitrogens with zero attached hydrogens (tertiary/aromatic N) is 3. The fourth-order valence-electron chi connectivity index (χ4n) is 4.83. The van der Waals surface area contributed by atoms with Gasteiger partial charge in [-0.05, 0) is 43.7 Å². The molecule has 2 aromatic heterocycles. The maximum atomic E-state index is 4.50. The molecule has 2 unspecified atom stereocenters. The van der Waals surface area contributed by atoms with E-state index in [-0.39, 0.29) is 0 Å². The van der Waals surface area contributed by atoms with Crippen molar-refractivity contribution in [1.29, 1.82) is 0 Å². The average Bonchev–Trinajstić information content (AvgIpc) is 3.05. The third-order valence-electron chi connectivity index (χ3n) is 6.04. The van der Waals surface area contributed by atoms with Crippen molar-refractivity contribution in [2.45, 2.75) is 44.3 Å². The van der Waals surface area contributed by atoms with Crippen LogP contribution in [0.25, 0.3) is 10.9 Å². The van der Waals surface area contributed by atoms with Gasteiger partial charge in [-0.1, -0.05) is 24.3 Å². The number of hydrogen-bond donors (Lipinski definition) is 0. The first-order chi connectivity index (χ1) is 11.8. The smallest absolute Gasteiger partial charge is 0.0486 e. The summed E-state index contributed by atoms with van der Waals surface area (Å²) >= 11 is 0. The second kappa shape index (κ2) is 5.45. The van der Waals surface area contributed by atoms with Crippen LogP contribution in [0.3, 0.4) is 0 Å². The van der Waals surface area contributed by atoms with E-state index in [0.717, 1.165) is 19.0 Å². The van der Waals surface area contributed by atoms with Gasteiger partial charge in [0.25, 0.3) is 0 Å². The Hall–Kier alpha value is -2.13. The minimum Gasteiger partial charge on any atom is -0.344 e. The molecular weight excluding hydrogens is 294 g/mol. The minimum atomic E-state index is 0.611. The van der Waals surface area contributed by atoms with Crippen molar-refractivity contribution >= 4 is 10.9 Å². The van der Waals surface area contributed by atoms with Crippen LogP contribution in [0.1, 0.15) is 35.8 Å². The number of para-hydroxylation sites is 1. The number of likely N-dealkylation sites (N-methyl/N-ethyl adjacent to an activating group) is 1. The van der Waals surface area contributed by atoms with Gasteiger partial charge >= 0.3 is 0 Å². The average molecular weight is 317 g/mol. The highest BCUT2D eigenvalue weighted by Crippen LogP contribution is 2.46. The van der Waals surface area contributed by atoms with Gasteiger partial charge in [0.1, 0.15) is 0 Å². The Kier molecular flexibility index (Phi) is 3.23. The molecular formula is C21H23N3. The lowest BCUT2D eigenvalue weighted by Gasteiger charge is -2.32. The lowest BCUT2D eigenvalue weighted by molar-refractivity contribution is 0.222. The van der Waals surface area contributed by atoms with E-state index in [2.05, 4.69) is 57.9 Å². The molecule has 0 aliphatic carbocycles. The normalized spacial score (nSPS) is 22.9. The van der Waals surface area contributed by atoms with E-state index in [1.54, 1.807) is 11.3 Å². The van der Waals surface area contributed by atoms with Crippen LogP contribution in [0, 0.1) is 0 Å². The number of hydrogen-bond acceptors (Lipinski definition) is 2. The second-order valence-electron chi connectivity index (χ2n) is 7.22. The Labute approximate surface area is 142 Å². The van der Waals surface area contributed by atoms with Crippen LogP contribution in [0.5, 0.6) is 0 Å². The van der Waals surface area contributed by atoms with E-state index >= 15 is 0 Å². The van der Waals surface area contributed by atoms with Crippen LogP contribution in [0.2, 0.25) is 0 Å². The zero-order chi connectivity index (χ0) is 16.1. The van der Waals surface area contributed by atoms with Crippen molar-refractivity contribution in [2.75, 3.05) is 7.05 Å². The molecule has 2 atom stereocenters. The third-order valence-corrected chi connectivity index (χ3v) is 6.04. The van der Waals surface area contributed by atoms with Gasteiger partial charge in [-0.3, -0.25) is 9.88 Å². The molecule has 3 aromatic rings. The summed E-state index contributed by atoms with van der Waals surface area (Å²) in [6.07, 6.45) is 6.73. The first-order valence-corrected chi connectivity index (χ1v) is 9.05. The minimum absolute atomic E-state index is 0.611. The Bertz CT molecular complexity index is 881. The maximum Gasteiger partial charge on any atom is 0.0486 e. The van der Waals surface area contributed by atoms with Crippen LogP contribution >= 0.6 is 0 Å². The number of benzene rings is 1. The summed E-state index contributed by atoms with van der Waals surface area (Å²) in [7, 11) is 2.31. The van der Waals surface area contributed by atoms with Crippen molar-refractivity contribution in [3.05, 3.63) is 65.6 Å². The monoisotopic (exact) mass is 317 g/mol. The van der Waals surface area contributed by atoms with Gasteiger partial charge in [-0.25, -0.2) is 0 Å². The van der Waals surface area contributed by atoms with Gasteiger partial charge in [0.2, 0.25) is 0 Å². The van der Waals surface area contributed by atoms with Crippen molar-refractivity contribution in [3.8, 4) is 0 Å². The molecule has 1 fully saturated rings. The van der Waals surface area contributed by atoms with Crippen molar-refractivity contribution in [1.82, 2.24) is 14.5 Å². The van der Waals surface area contributed by atoms with Gasteiger partial charge in [-0.2, -0.15) is 0 Å². The molecule has 2 bridgehead atoms. The fraction of sp³-hybridized carbons (Fsp3) is 0.381. The molecule has 0 amide bonds. The highest BCUT2D eigenvalue weighted by atomic mass is 15.2. The molecule has 4 heterocycles. The molecule has 0 spiro atoms. The number of fused-ring (bicyclic) bond motifs is 6. The molecule has 0 saturated carbocycles. The van der Waals surface area contributed by atoms with E-state index in [4.69, 9.17) is 0 Å². The molecule has 2 aliphatic rings. The fourth-order valence-corrected chi connectivity index (χ4v) is 4.83. The zero-order valence-corrected chi connectivity index (χ0v) is 14.2. The Morgan fingerprint density at radius 3 is 2.83 bits per heavy atom. The van der Waals surface area contributed by atoms with Crippen molar-refractivity contribution in [3.63, 3.8) is 0 Å². The molecule has 1 saturated heterocycles. The number of aryl methyl sites for hydroxylation is 2. The lowest BCUT2D eigenvalue weighted by atomic mass is 9.97. The molecule has 3 heteroatoms. The largest absolute Gasteiger partial charge is 0.344 e. The molecule has 1 aromatic carbocycles. The lowest BCUT2D eigenvalue weighted by Crippen LogP contribution is -2.34. The molecule has 3 nitrogen and oxygen atoms in total. The SMILES string of the molecule is CN1C2CCC1c1c(n(CCc3ccccn3)c3ccccc13)C2. The van der Waals surface area contributed by atoms with E-state index in [0.29, 0.717) is 6.04 Å². The summed E-state index contributed by atoms with van der Waals surface area (Å²) in [5.41, 5.74) is 5.76.